The highest BCUT2D eigenvalue weighted by molar-refractivity contribution is 7.12. The van der Waals surface area contributed by atoms with Crippen LogP contribution in [0.4, 0.5) is 5.69 Å². The highest BCUT2D eigenvalue weighted by Crippen LogP contribution is 2.27. The lowest BCUT2D eigenvalue weighted by Crippen LogP contribution is -2.52. The number of carbonyl (C=O) groups excluding carboxylic acids is 2. The summed E-state index contributed by atoms with van der Waals surface area (Å²) in [5.74, 6) is 0.232. The van der Waals surface area contributed by atoms with E-state index in [-0.39, 0.29) is 11.8 Å². The van der Waals surface area contributed by atoms with E-state index in [4.69, 9.17) is 0 Å². The summed E-state index contributed by atoms with van der Waals surface area (Å²) in [5.41, 5.74) is 2.50. The molecular weight excluding hydrogens is 334 g/mol. The van der Waals surface area contributed by atoms with Gasteiger partial charge in [-0.2, -0.15) is 0 Å². The number of hydrogen-bond acceptors (Lipinski definition) is 4. The maximum absolute atomic E-state index is 12.7. The highest BCUT2D eigenvalue weighted by Gasteiger charge is 2.27. The molecule has 1 aromatic carbocycles. The summed E-state index contributed by atoms with van der Waals surface area (Å²) in [6.45, 7) is 3.78. The zero-order valence-corrected chi connectivity index (χ0v) is 14.9. The van der Waals surface area contributed by atoms with Gasteiger partial charge in [-0.3, -0.25) is 9.59 Å². The van der Waals surface area contributed by atoms with Crippen LogP contribution in [0.1, 0.15) is 15.2 Å². The maximum atomic E-state index is 12.7. The van der Waals surface area contributed by atoms with Crippen LogP contribution in [0.2, 0.25) is 0 Å². The van der Waals surface area contributed by atoms with E-state index in [2.05, 4.69) is 17.0 Å². The molecule has 2 aromatic rings. The summed E-state index contributed by atoms with van der Waals surface area (Å²) in [6, 6.07) is 12.0. The van der Waals surface area contributed by atoms with Gasteiger partial charge < -0.3 is 14.7 Å². The van der Waals surface area contributed by atoms with Crippen LogP contribution in [-0.2, 0) is 11.2 Å². The summed E-state index contributed by atoms with van der Waals surface area (Å²) in [5, 5.41) is 1.92. The molecule has 2 amide bonds. The zero-order valence-electron chi connectivity index (χ0n) is 14.1. The Balaban J connectivity index is 1.32. The van der Waals surface area contributed by atoms with E-state index >= 15 is 0 Å². The van der Waals surface area contributed by atoms with Gasteiger partial charge in [-0.25, -0.2) is 0 Å². The third-order valence-corrected chi connectivity index (χ3v) is 5.82. The van der Waals surface area contributed by atoms with Crippen molar-refractivity contribution in [2.24, 2.45) is 0 Å². The van der Waals surface area contributed by atoms with Gasteiger partial charge in [-0.1, -0.05) is 24.3 Å². The summed E-state index contributed by atoms with van der Waals surface area (Å²) < 4.78 is 0. The van der Waals surface area contributed by atoms with Crippen molar-refractivity contribution >= 4 is 28.8 Å². The first-order valence-electron chi connectivity index (χ1n) is 8.66. The largest absolute Gasteiger partial charge is 0.362 e. The Kier molecular flexibility index (Phi) is 4.44. The standard InChI is InChI=1S/C19H21N3O2S/c23-18(14-22-8-7-15-4-1-2-5-16(15)22)20-9-11-21(12-10-20)19(24)17-6-3-13-25-17/h1-6,13H,7-12,14H2. The molecule has 3 heterocycles. The molecule has 6 heteroatoms. The fraction of sp³-hybridized carbons (Fsp3) is 0.368. The van der Waals surface area contributed by atoms with E-state index in [0.717, 1.165) is 17.8 Å². The van der Waals surface area contributed by atoms with Crippen LogP contribution in [0.25, 0.3) is 0 Å². The van der Waals surface area contributed by atoms with Gasteiger partial charge >= 0.3 is 0 Å². The van der Waals surface area contributed by atoms with Crippen molar-refractivity contribution in [3.8, 4) is 0 Å². The molecule has 1 saturated heterocycles. The number of thiophene rings is 1. The number of benzene rings is 1. The maximum Gasteiger partial charge on any atom is 0.264 e. The molecule has 0 radical (unpaired) electrons. The first kappa shape index (κ1) is 16.1. The van der Waals surface area contributed by atoms with E-state index in [1.807, 2.05) is 39.4 Å². The quantitative estimate of drug-likeness (QED) is 0.847. The summed E-state index contributed by atoms with van der Waals surface area (Å²) >= 11 is 1.47. The van der Waals surface area contributed by atoms with Gasteiger partial charge in [0.2, 0.25) is 5.91 Å². The minimum atomic E-state index is 0.0792. The highest BCUT2D eigenvalue weighted by atomic mass is 32.1. The molecule has 4 rings (SSSR count). The second-order valence-electron chi connectivity index (χ2n) is 6.45. The lowest BCUT2D eigenvalue weighted by molar-refractivity contribution is -0.131. The zero-order chi connectivity index (χ0) is 17.2. The Morgan fingerprint density at radius 3 is 2.44 bits per heavy atom. The second-order valence-corrected chi connectivity index (χ2v) is 7.40. The van der Waals surface area contributed by atoms with E-state index in [9.17, 15) is 9.59 Å². The van der Waals surface area contributed by atoms with Gasteiger partial charge in [0, 0.05) is 38.4 Å². The van der Waals surface area contributed by atoms with Gasteiger partial charge in [0.05, 0.1) is 11.4 Å². The fourth-order valence-electron chi connectivity index (χ4n) is 3.55. The molecule has 2 aliphatic rings. The van der Waals surface area contributed by atoms with Crippen LogP contribution >= 0.6 is 11.3 Å². The lowest BCUT2D eigenvalue weighted by atomic mass is 10.2. The van der Waals surface area contributed by atoms with Gasteiger partial charge in [0.15, 0.2) is 0 Å². The first-order chi connectivity index (χ1) is 12.2. The van der Waals surface area contributed by atoms with Gasteiger partial charge in [-0.15, -0.1) is 11.3 Å². The van der Waals surface area contributed by atoms with Crippen LogP contribution in [0.15, 0.2) is 41.8 Å². The van der Waals surface area contributed by atoms with Crippen molar-refractivity contribution in [2.45, 2.75) is 6.42 Å². The van der Waals surface area contributed by atoms with E-state index in [0.29, 0.717) is 32.7 Å². The third-order valence-electron chi connectivity index (χ3n) is 4.96. The third kappa shape index (κ3) is 3.26. The van der Waals surface area contributed by atoms with Gasteiger partial charge in [-0.05, 0) is 29.5 Å². The number of piperazine rings is 1. The van der Waals surface area contributed by atoms with Crippen LogP contribution in [-0.4, -0.2) is 60.9 Å². The normalized spacial score (nSPS) is 16.9. The smallest absolute Gasteiger partial charge is 0.264 e. The molecule has 5 nitrogen and oxygen atoms in total. The summed E-state index contributed by atoms with van der Waals surface area (Å²) in [7, 11) is 0. The number of fused-ring (bicyclic) bond motifs is 1. The molecule has 130 valence electrons. The van der Waals surface area contributed by atoms with E-state index in [1.165, 1.54) is 22.6 Å². The summed E-state index contributed by atoms with van der Waals surface area (Å²) in [4.78, 5) is 31.7. The van der Waals surface area contributed by atoms with Crippen molar-refractivity contribution < 1.29 is 9.59 Å². The SMILES string of the molecule is O=C(CN1CCc2ccccc21)N1CCN(C(=O)c2cccs2)CC1. The molecule has 0 N–H and O–H groups in total. The van der Waals surface area contributed by atoms with Gasteiger partial charge in [0.1, 0.15) is 0 Å². The molecule has 0 saturated carbocycles. The minimum absolute atomic E-state index is 0.0792. The number of para-hydroxylation sites is 1. The predicted molar refractivity (Wildman–Crippen MR) is 99.2 cm³/mol. The van der Waals surface area contributed by atoms with Crippen LogP contribution in [0, 0.1) is 0 Å². The Bertz CT molecular complexity index is 767. The molecule has 2 aliphatic heterocycles. The minimum Gasteiger partial charge on any atom is -0.362 e. The Morgan fingerprint density at radius 1 is 0.920 bits per heavy atom. The summed E-state index contributed by atoms with van der Waals surface area (Å²) in [6.07, 6.45) is 1.01. The van der Waals surface area contributed by atoms with Crippen molar-refractivity contribution in [3.05, 3.63) is 52.2 Å². The molecule has 0 atom stereocenters. The van der Waals surface area contributed by atoms with Crippen molar-refractivity contribution in [2.75, 3.05) is 44.2 Å². The average molecular weight is 355 g/mol. The first-order valence-corrected chi connectivity index (χ1v) is 9.54. The molecule has 0 bridgehead atoms. The van der Waals surface area contributed by atoms with Gasteiger partial charge in [0.25, 0.3) is 5.91 Å². The number of hydrogen-bond donors (Lipinski definition) is 0. The number of nitrogens with zero attached hydrogens (tertiary/aromatic N) is 3. The molecule has 0 unspecified atom stereocenters. The number of rotatable bonds is 3. The molecular formula is C19H21N3O2S. The Morgan fingerprint density at radius 2 is 1.68 bits per heavy atom. The van der Waals surface area contributed by atoms with E-state index < -0.39 is 0 Å². The lowest BCUT2D eigenvalue weighted by Gasteiger charge is -2.35. The van der Waals surface area contributed by atoms with Crippen LogP contribution in [0.3, 0.4) is 0 Å². The van der Waals surface area contributed by atoms with Crippen LogP contribution in [0.5, 0.6) is 0 Å². The number of anilines is 1. The monoisotopic (exact) mass is 355 g/mol. The number of amides is 2. The molecule has 1 fully saturated rings. The van der Waals surface area contributed by atoms with Crippen molar-refractivity contribution in [1.29, 1.82) is 0 Å². The topological polar surface area (TPSA) is 43.9 Å². The van der Waals surface area contributed by atoms with Crippen LogP contribution < -0.4 is 4.90 Å². The molecule has 0 spiro atoms. The number of carbonyl (C=O) groups is 2. The average Bonchev–Trinajstić information content (AvgIpc) is 3.32. The Hall–Kier alpha value is -2.34. The molecule has 25 heavy (non-hydrogen) atoms. The van der Waals surface area contributed by atoms with E-state index in [1.54, 1.807) is 0 Å². The van der Waals surface area contributed by atoms with Crippen molar-refractivity contribution in [3.63, 3.8) is 0 Å². The predicted octanol–water partition coefficient (Wildman–Crippen LogP) is 2.10. The molecule has 0 aliphatic carbocycles. The molecule has 1 aromatic heterocycles. The fourth-order valence-corrected chi connectivity index (χ4v) is 4.24. The Labute approximate surface area is 151 Å². The second kappa shape index (κ2) is 6.88. The van der Waals surface area contributed by atoms with Crippen molar-refractivity contribution in [1.82, 2.24) is 9.80 Å².